The fourth-order valence-electron chi connectivity index (χ4n) is 1.71. The molecule has 0 radical (unpaired) electrons. The summed E-state index contributed by atoms with van der Waals surface area (Å²) in [5.41, 5.74) is 0.800. The molecule has 1 N–H and O–H groups in total. The molecule has 2 unspecified atom stereocenters. The summed E-state index contributed by atoms with van der Waals surface area (Å²) in [5, 5.41) is 3.23. The first-order valence-electron chi connectivity index (χ1n) is 5.99. The van der Waals surface area contributed by atoms with Gasteiger partial charge in [0.05, 0.1) is 11.0 Å². The molecule has 0 bridgehead atoms. The first-order chi connectivity index (χ1) is 9.08. The third kappa shape index (κ3) is 3.55. The predicted molar refractivity (Wildman–Crippen MR) is 78.4 cm³/mol. The maximum Gasteiger partial charge on any atom is 0.243 e. The lowest BCUT2D eigenvalue weighted by molar-refractivity contribution is -0.121. The van der Waals surface area contributed by atoms with E-state index in [4.69, 9.17) is 11.6 Å². The fraction of sp³-hybridized carbons (Fsp3) is 0.286. The molecule has 1 aromatic carbocycles. The number of carbonyl (C=O) groups excluding carboxylic acids is 1. The second-order valence-corrected chi connectivity index (χ2v) is 5.99. The van der Waals surface area contributed by atoms with Crippen LogP contribution in [0, 0.1) is 6.92 Å². The van der Waals surface area contributed by atoms with Gasteiger partial charge in [-0.15, -0.1) is 22.9 Å². The van der Waals surface area contributed by atoms with E-state index in [1.54, 1.807) is 17.5 Å². The Balaban J connectivity index is 2.01. The van der Waals surface area contributed by atoms with Crippen molar-refractivity contribution in [2.75, 3.05) is 0 Å². The number of nitrogens with zero attached hydrogens (tertiary/aromatic N) is 1. The zero-order valence-electron chi connectivity index (χ0n) is 10.8. The van der Waals surface area contributed by atoms with E-state index in [0.29, 0.717) is 0 Å². The lowest BCUT2D eigenvalue weighted by Crippen LogP contribution is -2.29. The number of hydrogen-bond donors (Lipinski definition) is 1. The van der Waals surface area contributed by atoms with Crippen LogP contribution in [0.15, 0.2) is 36.5 Å². The molecule has 2 atom stereocenters. The van der Waals surface area contributed by atoms with Crippen molar-refractivity contribution < 1.29 is 4.79 Å². The molecule has 100 valence electrons. The topological polar surface area (TPSA) is 42.0 Å². The van der Waals surface area contributed by atoms with Gasteiger partial charge < -0.3 is 5.32 Å². The van der Waals surface area contributed by atoms with Gasteiger partial charge in [0.25, 0.3) is 0 Å². The van der Waals surface area contributed by atoms with Gasteiger partial charge in [-0.05, 0) is 19.4 Å². The normalized spacial score (nSPS) is 13.8. The molecule has 0 aliphatic carbocycles. The summed E-state index contributed by atoms with van der Waals surface area (Å²) >= 11 is 7.75. The zero-order chi connectivity index (χ0) is 13.8. The van der Waals surface area contributed by atoms with Gasteiger partial charge in [-0.1, -0.05) is 30.3 Å². The summed E-state index contributed by atoms with van der Waals surface area (Å²) in [6.45, 7) is 3.87. The Kier molecular flexibility index (Phi) is 4.56. The Morgan fingerprint density at radius 1 is 1.37 bits per heavy atom. The Labute approximate surface area is 121 Å². The highest BCUT2D eigenvalue weighted by Crippen LogP contribution is 2.24. The number of nitrogens with one attached hydrogen (secondary N) is 1. The second kappa shape index (κ2) is 6.17. The molecule has 0 fully saturated rings. The van der Waals surface area contributed by atoms with Gasteiger partial charge in [0.1, 0.15) is 5.38 Å². The number of aromatic nitrogens is 1. The first-order valence-corrected chi connectivity index (χ1v) is 7.25. The number of rotatable bonds is 4. The van der Waals surface area contributed by atoms with Gasteiger partial charge in [-0.2, -0.15) is 0 Å². The lowest BCUT2D eigenvalue weighted by Gasteiger charge is -2.15. The van der Waals surface area contributed by atoms with Crippen LogP contribution in [-0.4, -0.2) is 10.9 Å². The van der Waals surface area contributed by atoms with Gasteiger partial charge >= 0.3 is 0 Å². The summed E-state index contributed by atoms with van der Waals surface area (Å²) in [7, 11) is 0. The van der Waals surface area contributed by atoms with Crippen LogP contribution < -0.4 is 5.32 Å². The molecule has 1 aromatic heterocycles. The van der Waals surface area contributed by atoms with Crippen LogP contribution in [0.3, 0.4) is 0 Å². The smallest absolute Gasteiger partial charge is 0.243 e. The number of alkyl halides is 1. The minimum atomic E-state index is -0.669. The van der Waals surface area contributed by atoms with Crippen LogP contribution in [0.1, 0.15) is 33.8 Å². The van der Waals surface area contributed by atoms with Crippen LogP contribution in [-0.2, 0) is 4.79 Å². The molecule has 1 heterocycles. The van der Waals surface area contributed by atoms with Crippen LogP contribution in [0.25, 0.3) is 0 Å². The molecule has 5 heteroatoms. The number of benzene rings is 1. The first kappa shape index (κ1) is 14.0. The monoisotopic (exact) mass is 294 g/mol. The number of carbonyl (C=O) groups is 1. The van der Waals surface area contributed by atoms with Crippen LogP contribution in [0.2, 0.25) is 0 Å². The van der Waals surface area contributed by atoms with E-state index in [1.807, 2.05) is 44.2 Å². The average molecular weight is 295 g/mol. The lowest BCUT2D eigenvalue weighted by atomic mass is 10.1. The molecule has 3 nitrogen and oxygen atoms in total. The Morgan fingerprint density at radius 2 is 2.05 bits per heavy atom. The van der Waals surface area contributed by atoms with E-state index in [1.165, 1.54) is 0 Å². The number of aryl methyl sites for hydroxylation is 1. The van der Waals surface area contributed by atoms with Crippen LogP contribution in [0.5, 0.6) is 0 Å². The van der Waals surface area contributed by atoms with Crippen molar-refractivity contribution in [1.29, 1.82) is 0 Å². The summed E-state index contributed by atoms with van der Waals surface area (Å²) in [6, 6.07) is 9.25. The summed E-state index contributed by atoms with van der Waals surface area (Å²) in [4.78, 5) is 17.3. The van der Waals surface area contributed by atoms with Crippen molar-refractivity contribution in [3.8, 4) is 0 Å². The molecular weight excluding hydrogens is 280 g/mol. The van der Waals surface area contributed by atoms with E-state index in [-0.39, 0.29) is 11.9 Å². The zero-order valence-corrected chi connectivity index (χ0v) is 12.3. The van der Waals surface area contributed by atoms with Crippen LogP contribution >= 0.6 is 22.9 Å². The summed E-state index contributed by atoms with van der Waals surface area (Å²) in [6.07, 6.45) is 1.79. The Morgan fingerprint density at radius 3 is 2.63 bits per heavy atom. The standard InChI is InChI=1S/C14H15ClN2OS/c1-9(12-8-16-10(2)19-12)17-14(18)13(15)11-6-4-3-5-7-11/h3-9,13H,1-2H3,(H,17,18). The van der Waals surface area contributed by atoms with Crippen LogP contribution in [0.4, 0.5) is 0 Å². The van der Waals surface area contributed by atoms with E-state index in [2.05, 4.69) is 10.3 Å². The molecule has 2 rings (SSSR count). The molecular formula is C14H15ClN2OS. The molecule has 0 aliphatic rings. The van der Waals surface area contributed by atoms with E-state index in [9.17, 15) is 4.79 Å². The second-order valence-electron chi connectivity index (χ2n) is 4.29. The quantitative estimate of drug-likeness (QED) is 0.875. The minimum absolute atomic E-state index is 0.0799. The van der Waals surface area contributed by atoms with Gasteiger partial charge in [-0.3, -0.25) is 4.79 Å². The van der Waals surface area contributed by atoms with Gasteiger partial charge in [0.2, 0.25) is 5.91 Å². The Hall–Kier alpha value is -1.39. The summed E-state index contributed by atoms with van der Waals surface area (Å²) in [5.74, 6) is -0.189. The molecule has 2 aromatic rings. The Bertz CT molecular complexity index is 556. The largest absolute Gasteiger partial charge is 0.347 e. The molecule has 1 amide bonds. The van der Waals surface area contributed by atoms with Gasteiger partial charge in [0.15, 0.2) is 0 Å². The van der Waals surface area contributed by atoms with Crippen molar-refractivity contribution in [3.63, 3.8) is 0 Å². The van der Waals surface area contributed by atoms with Crippen molar-refractivity contribution in [3.05, 3.63) is 52.0 Å². The van der Waals surface area contributed by atoms with Gasteiger partial charge in [-0.25, -0.2) is 4.98 Å². The number of amides is 1. The third-order valence-electron chi connectivity index (χ3n) is 2.75. The molecule has 0 aliphatic heterocycles. The third-order valence-corrected chi connectivity index (χ3v) is 4.29. The van der Waals surface area contributed by atoms with Gasteiger partial charge in [0, 0.05) is 11.1 Å². The predicted octanol–water partition coefficient (Wildman–Crippen LogP) is 3.61. The number of hydrogen-bond acceptors (Lipinski definition) is 3. The van der Waals surface area contributed by atoms with Crippen molar-refractivity contribution in [1.82, 2.24) is 10.3 Å². The number of thiazole rings is 1. The van der Waals surface area contributed by atoms with Crippen molar-refractivity contribution >= 4 is 28.8 Å². The SMILES string of the molecule is Cc1ncc(C(C)NC(=O)C(Cl)c2ccccc2)s1. The van der Waals surface area contributed by atoms with Crippen molar-refractivity contribution in [2.24, 2.45) is 0 Å². The van der Waals surface area contributed by atoms with E-state index in [0.717, 1.165) is 15.4 Å². The highest BCUT2D eigenvalue weighted by atomic mass is 35.5. The number of halogens is 1. The molecule has 0 saturated carbocycles. The van der Waals surface area contributed by atoms with E-state index >= 15 is 0 Å². The maximum absolute atomic E-state index is 12.1. The average Bonchev–Trinajstić information content (AvgIpc) is 2.85. The minimum Gasteiger partial charge on any atom is -0.347 e. The highest BCUT2D eigenvalue weighted by molar-refractivity contribution is 7.11. The molecule has 19 heavy (non-hydrogen) atoms. The maximum atomic E-state index is 12.1. The fourth-order valence-corrected chi connectivity index (χ4v) is 2.71. The molecule has 0 spiro atoms. The van der Waals surface area contributed by atoms with E-state index < -0.39 is 5.38 Å². The molecule has 0 saturated heterocycles. The van der Waals surface area contributed by atoms with Crippen molar-refractivity contribution in [2.45, 2.75) is 25.3 Å². The highest BCUT2D eigenvalue weighted by Gasteiger charge is 2.20. The summed E-state index contributed by atoms with van der Waals surface area (Å²) < 4.78 is 0.